The molecule has 0 N–H and O–H groups in total. The highest BCUT2D eigenvalue weighted by molar-refractivity contribution is 5.72. The van der Waals surface area contributed by atoms with E-state index in [4.69, 9.17) is 14.2 Å². The third kappa shape index (κ3) is 8.11. The molecule has 132 valence electrons. The van der Waals surface area contributed by atoms with Gasteiger partial charge in [-0.1, -0.05) is 6.92 Å². The topological polar surface area (TPSA) is 105 Å². The van der Waals surface area contributed by atoms with Gasteiger partial charge in [-0.2, -0.15) is 0 Å². The fourth-order valence-corrected chi connectivity index (χ4v) is 1.72. The number of nitro benzene ring substituents is 1. The lowest BCUT2D eigenvalue weighted by Gasteiger charge is -2.07. The molecule has 0 unspecified atom stereocenters. The average molecular weight is 339 g/mol. The van der Waals surface area contributed by atoms with Gasteiger partial charge in [0, 0.05) is 25.0 Å². The van der Waals surface area contributed by atoms with E-state index in [2.05, 4.69) is 0 Å². The van der Waals surface area contributed by atoms with E-state index in [1.807, 2.05) is 6.92 Å². The molecule has 0 fully saturated rings. The predicted octanol–water partition coefficient (Wildman–Crippen LogP) is 2.64. The molecule has 8 heteroatoms. The number of nitro groups is 1. The predicted molar refractivity (Wildman–Crippen MR) is 84.7 cm³/mol. The molecule has 8 nitrogen and oxygen atoms in total. The number of benzene rings is 1. The monoisotopic (exact) mass is 339 g/mol. The molecule has 0 aromatic heterocycles. The van der Waals surface area contributed by atoms with Crippen molar-refractivity contribution in [2.75, 3.05) is 19.8 Å². The summed E-state index contributed by atoms with van der Waals surface area (Å²) in [7, 11) is 0. The third-order valence-corrected chi connectivity index (χ3v) is 2.89. The van der Waals surface area contributed by atoms with Crippen molar-refractivity contribution in [3.05, 3.63) is 34.4 Å². The maximum Gasteiger partial charge on any atom is 0.305 e. The minimum atomic E-state index is -0.496. The highest BCUT2D eigenvalue weighted by atomic mass is 16.6. The number of non-ortho nitro benzene ring substituents is 1. The normalized spacial score (nSPS) is 10.0. The Morgan fingerprint density at radius 1 is 1.00 bits per heavy atom. The quantitative estimate of drug-likeness (QED) is 0.264. The minimum absolute atomic E-state index is 0.0220. The van der Waals surface area contributed by atoms with Crippen molar-refractivity contribution >= 4 is 17.6 Å². The van der Waals surface area contributed by atoms with E-state index in [-0.39, 0.29) is 37.7 Å². The molecule has 0 radical (unpaired) electrons. The Morgan fingerprint density at radius 2 is 1.58 bits per heavy atom. The number of carbonyl (C=O) groups is 2. The lowest BCUT2D eigenvalue weighted by molar-refractivity contribution is -0.384. The second-order valence-corrected chi connectivity index (χ2v) is 4.89. The van der Waals surface area contributed by atoms with Crippen molar-refractivity contribution in [3.8, 4) is 5.75 Å². The average Bonchev–Trinajstić information content (AvgIpc) is 2.57. The first-order valence-corrected chi connectivity index (χ1v) is 7.71. The highest BCUT2D eigenvalue weighted by Gasteiger charge is 2.08. The van der Waals surface area contributed by atoms with E-state index in [1.54, 1.807) is 0 Å². The lowest BCUT2D eigenvalue weighted by atomic mass is 10.2. The van der Waals surface area contributed by atoms with Crippen LogP contribution in [0.15, 0.2) is 24.3 Å². The van der Waals surface area contributed by atoms with Gasteiger partial charge in [-0.15, -0.1) is 0 Å². The molecule has 0 saturated heterocycles. The zero-order valence-corrected chi connectivity index (χ0v) is 13.6. The van der Waals surface area contributed by atoms with E-state index < -0.39 is 10.9 Å². The van der Waals surface area contributed by atoms with Crippen LogP contribution in [0.5, 0.6) is 5.75 Å². The van der Waals surface area contributed by atoms with Gasteiger partial charge in [0.1, 0.15) is 19.0 Å². The summed E-state index contributed by atoms with van der Waals surface area (Å²) < 4.78 is 15.2. The van der Waals surface area contributed by atoms with Gasteiger partial charge in [0.05, 0.1) is 11.5 Å². The molecule has 0 aliphatic rings. The Hall–Kier alpha value is -2.64. The summed E-state index contributed by atoms with van der Waals surface area (Å²) in [4.78, 5) is 32.7. The van der Waals surface area contributed by atoms with Gasteiger partial charge in [-0.05, 0) is 25.0 Å². The maximum absolute atomic E-state index is 11.5. The Kier molecular flexibility index (Phi) is 8.88. The number of nitrogens with zero attached hydrogens (tertiary/aromatic N) is 1. The number of carbonyl (C=O) groups excluding carboxylic acids is 2. The van der Waals surface area contributed by atoms with Crippen LogP contribution in [0, 0.1) is 10.1 Å². The number of hydrogen-bond donors (Lipinski definition) is 0. The second kappa shape index (κ2) is 11.0. The van der Waals surface area contributed by atoms with Gasteiger partial charge in [0.2, 0.25) is 0 Å². The second-order valence-electron chi connectivity index (χ2n) is 4.89. The van der Waals surface area contributed by atoms with Gasteiger partial charge in [-0.25, -0.2) is 0 Å². The summed E-state index contributed by atoms with van der Waals surface area (Å²) in [6.07, 6.45) is 1.47. The SMILES string of the molecule is CCCOC(=O)CCCC(=O)OCCOc1ccc([N+](=O)[O-])cc1. The Bertz CT molecular complexity index is 542. The number of esters is 2. The van der Waals surface area contributed by atoms with Gasteiger partial charge >= 0.3 is 11.9 Å². The number of hydrogen-bond acceptors (Lipinski definition) is 7. The van der Waals surface area contributed by atoms with Crippen LogP contribution in [0.4, 0.5) is 5.69 Å². The molecule has 0 amide bonds. The molecule has 0 saturated carbocycles. The van der Waals surface area contributed by atoms with Crippen molar-refractivity contribution in [1.82, 2.24) is 0 Å². The van der Waals surface area contributed by atoms with Crippen LogP contribution in [-0.2, 0) is 19.1 Å². The van der Waals surface area contributed by atoms with Gasteiger partial charge in [0.25, 0.3) is 5.69 Å². The molecule has 0 bridgehead atoms. The van der Waals surface area contributed by atoms with Crippen LogP contribution in [0.3, 0.4) is 0 Å². The fraction of sp³-hybridized carbons (Fsp3) is 0.500. The third-order valence-electron chi connectivity index (χ3n) is 2.89. The summed E-state index contributed by atoms with van der Waals surface area (Å²) in [5, 5.41) is 10.5. The fourth-order valence-electron chi connectivity index (χ4n) is 1.72. The van der Waals surface area contributed by atoms with E-state index >= 15 is 0 Å². The first-order valence-electron chi connectivity index (χ1n) is 7.71. The smallest absolute Gasteiger partial charge is 0.305 e. The Balaban J connectivity index is 2.10. The first-order chi connectivity index (χ1) is 11.5. The van der Waals surface area contributed by atoms with Crippen LogP contribution in [0.25, 0.3) is 0 Å². The van der Waals surface area contributed by atoms with E-state index in [0.717, 1.165) is 6.42 Å². The minimum Gasteiger partial charge on any atom is -0.490 e. The first kappa shape index (κ1) is 19.4. The maximum atomic E-state index is 11.5. The molecule has 24 heavy (non-hydrogen) atoms. The summed E-state index contributed by atoms with van der Waals surface area (Å²) in [5.74, 6) is -0.271. The van der Waals surface area contributed by atoms with Gasteiger partial charge in [-0.3, -0.25) is 19.7 Å². The van der Waals surface area contributed by atoms with E-state index in [0.29, 0.717) is 18.8 Å². The zero-order chi connectivity index (χ0) is 17.8. The largest absolute Gasteiger partial charge is 0.490 e. The molecule has 0 spiro atoms. The van der Waals surface area contributed by atoms with Crippen molar-refractivity contribution in [2.45, 2.75) is 32.6 Å². The summed E-state index contributed by atoms with van der Waals surface area (Å²) >= 11 is 0. The Morgan fingerprint density at radius 3 is 2.12 bits per heavy atom. The molecule has 0 heterocycles. The molecule has 1 rings (SSSR count). The Labute approximate surface area is 139 Å². The van der Waals surface area contributed by atoms with Crippen molar-refractivity contribution in [3.63, 3.8) is 0 Å². The standard InChI is InChI=1S/C16H21NO7/c1-2-10-23-15(18)4-3-5-16(19)24-12-11-22-14-8-6-13(7-9-14)17(20)21/h6-9H,2-5,10-12H2,1H3. The van der Waals surface area contributed by atoms with E-state index in [9.17, 15) is 19.7 Å². The summed E-state index contributed by atoms with van der Waals surface area (Å²) in [6.45, 7) is 2.50. The van der Waals surface area contributed by atoms with E-state index in [1.165, 1.54) is 24.3 Å². The van der Waals surface area contributed by atoms with Crippen LogP contribution in [-0.4, -0.2) is 36.7 Å². The molecular formula is C16H21NO7. The molecule has 0 atom stereocenters. The molecule has 1 aromatic rings. The van der Waals surface area contributed by atoms with Gasteiger partial charge < -0.3 is 14.2 Å². The summed E-state index contributed by atoms with van der Waals surface area (Å²) in [6, 6.07) is 5.61. The summed E-state index contributed by atoms with van der Waals surface area (Å²) in [5.41, 5.74) is -0.0220. The van der Waals surface area contributed by atoms with Crippen molar-refractivity contribution in [1.29, 1.82) is 0 Å². The van der Waals surface area contributed by atoms with Crippen LogP contribution in [0.1, 0.15) is 32.6 Å². The van der Waals surface area contributed by atoms with Crippen LogP contribution in [0.2, 0.25) is 0 Å². The highest BCUT2D eigenvalue weighted by Crippen LogP contribution is 2.17. The van der Waals surface area contributed by atoms with Crippen LogP contribution >= 0.6 is 0 Å². The van der Waals surface area contributed by atoms with Crippen LogP contribution < -0.4 is 4.74 Å². The van der Waals surface area contributed by atoms with Gasteiger partial charge in [0.15, 0.2) is 0 Å². The van der Waals surface area contributed by atoms with Crippen molar-refractivity contribution < 1.29 is 28.7 Å². The molecule has 1 aromatic carbocycles. The molecule has 0 aliphatic heterocycles. The number of ether oxygens (including phenoxy) is 3. The molecule has 0 aliphatic carbocycles. The zero-order valence-electron chi connectivity index (χ0n) is 13.6. The van der Waals surface area contributed by atoms with Crippen molar-refractivity contribution in [2.24, 2.45) is 0 Å². The molecular weight excluding hydrogens is 318 g/mol. The number of rotatable bonds is 11. The lowest BCUT2D eigenvalue weighted by Crippen LogP contribution is -2.13.